The van der Waals surface area contributed by atoms with Gasteiger partial charge in [0, 0.05) is 11.6 Å². The molecule has 4 N–H and O–H groups in total. The maximum absolute atomic E-state index is 13.1. The quantitative estimate of drug-likeness (QED) is 0.686. The van der Waals surface area contributed by atoms with Crippen molar-refractivity contribution in [2.45, 2.75) is 26.3 Å². The van der Waals surface area contributed by atoms with E-state index in [4.69, 9.17) is 15.7 Å². The van der Waals surface area contributed by atoms with Gasteiger partial charge in [-0.2, -0.15) is 0 Å². The molecule has 1 aromatic rings. The lowest BCUT2D eigenvalue weighted by molar-refractivity contribution is -0.139. The Morgan fingerprint density at radius 1 is 1.65 bits per heavy atom. The molecule has 0 aliphatic carbocycles. The Morgan fingerprint density at radius 2 is 2.29 bits per heavy atom. The van der Waals surface area contributed by atoms with Gasteiger partial charge in [-0.1, -0.05) is 7.43 Å². The first-order valence-corrected chi connectivity index (χ1v) is 4.68. The van der Waals surface area contributed by atoms with Crippen LogP contribution in [0.4, 0.5) is 10.1 Å². The van der Waals surface area contributed by atoms with Crippen molar-refractivity contribution in [2.24, 2.45) is 0 Å². The molecule has 1 atom stereocenters. The number of fused-ring (bicyclic) bond motifs is 1. The Bertz CT molecular complexity index is 464. The molecule has 1 unspecified atom stereocenters. The third-order valence-electron chi connectivity index (χ3n) is 2.58. The van der Waals surface area contributed by atoms with Crippen molar-refractivity contribution >= 4 is 11.7 Å². The van der Waals surface area contributed by atoms with Crippen molar-refractivity contribution in [2.75, 3.05) is 5.73 Å². The smallest absolute Gasteiger partial charge is 0.305 e. The number of carbonyl (C=O) groups is 1. The molecule has 5 nitrogen and oxygen atoms in total. The summed E-state index contributed by atoms with van der Waals surface area (Å²) in [7, 11) is 0. The summed E-state index contributed by atoms with van der Waals surface area (Å²) in [5.74, 6) is -1.29. The number of rotatable bonds is 2. The number of carboxylic acids is 1. The summed E-state index contributed by atoms with van der Waals surface area (Å²) >= 11 is 0. The normalized spacial score (nSPS) is 21.3. The summed E-state index contributed by atoms with van der Waals surface area (Å²) < 4.78 is 13.1. The number of nitrogens with one attached hydrogen (secondary N) is 1. The third-order valence-corrected chi connectivity index (χ3v) is 2.58. The molecule has 0 fully saturated rings. The Morgan fingerprint density at radius 3 is 2.88 bits per heavy atom. The van der Waals surface area contributed by atoms with E-state index in [-0.39, 0.29) is 25.3 Å². The van der Waals surface area contributed by atoms with Crippen LogP contribution in [-0.2, 0) is 10.3 Å². The fraction of sp³-hybridized carbons (Fsp3) is 0.364. The lowest BCUT2D eigenvalue weighted by atomic mass is 9.89. The van der Waals surface area contributed by atoms with Gasteiger partial charge >= 0.3 is 5.97 Å². The van der Waals surface area contributed by atoms with E-state index in [1.807, 2.05) is 0 Å². The van der Waals surface area contributed by atoms with Gasteiger partial charge in [0.05, 0.1) is 17.6 Å². The molecule has 0 radical (unpaired) electrons. The Kier molecular flexibility index (Phi) is 3.28. The summed E-state index contributed by atoms with van der Waals surface area (Å²) in [6, 6.07) is 2.54. The zero-order valence-corrected chi connectivity index (χ0v) is 8.58. The van der Waals surface area contributed by atoms with E-state index < -0.39 is 17.3 Å². The Balaban J connectivity index is 0.00000144. The lowest BCUT2D eigenvalue weighted by Crippen LogP contribution is -2.37. The average molecular weight is 242 g/mol. The molecule has 1 aliphatic heterocycles. The largest absolute Gasteiger partial charge is 0.481 e. The van der Waals surface area contributed by atoms with Gasteiger partial charge in [-0.15, -0.1) is 5.48 Å². The van der Waals surface area contributed by atoms with Crippen LogP contribution in [0.3, 0.4) is 0 Å². The van der Waals surface area contributed by atoms with E-state index in [0.29, 0.717) is 5.56 Å². The molecule has 94 valence electrons. The topological polar surface area (TPSA) is 84.6 Å². The molecule has 17 heavy (non-hydrogen) atoms. The number of halogens is 1. The molecule has 0 aromatic heterocycles. The summed E-state index contributed by atoms with van der Waals surface area (Å²) in [5, 5.41) is 8.79. The summed E-state index contributed by atoms with van der Waals surface area (Å²) in [6.45, 7) is 1.66. The van der Waals surface area contributed by atoms with Gasteiger partial charge in [-0.05, 0) is 13.0 Å². The van der Waals surface area contributed by atoms with E-state index in [2.05, 4.69) is 5.48 Å². The maximum atomic E-state index is 13.1. The molecule has 6 heteroatoms. The monoisotopic (exact) mass is 242 g/mol. The van der Waals surface area contributed by atoms with Crippen LogP contribution in [0.25, 0.3) is 0 Å². The molecular weight excluding hydrogens is 227 g/mol. The highest BCUT2D eigenvalue weighted by Crippen LogP contribution is 2.39. The van der Waals surface area contributed by atoms with Crippen LogP contribution in [0.5, 0.6) is 5.75 Å². The first-order chi connectivity index (χ1) is 7.42. The second-order valence-electron chi connectivity index (χ2n) is 3.98. The highest BCUT2D eigenvalue weighted by Gasteiger charge is 2.39. The molecular formula is C11H15FN2O3. The number of aliphatic carboxylic acids is 1. The second-order valence-corrected chi connectivity index (χ2v) is 3.98. The molecule has 1 heterocycles. The molecule has 1 aromatic carbocycles. The summed E-state index contributed by atoms with van der Waals surface area (Å²) in [5.41, 5.74) is 7.66. The number of anilines is 1. The summed E-state index contributed by atoms with van der Waals surface area (Å²) in [4.78, 5) is 15.8. The van der Waals surface area contributed by atoms with E-state index >= 15 is 0 Å². The van der Waals surface area contributed by atoms with Gasteiger partial charge in [-0.25, -0.2) is 4.39 Å². The highest BCUT2D eigenvalue weighted by molar-refractivity contribution is 5.70. The minimum absolute atomic E-state index is 0. The first kappa shape index (κ1) is 13.2. The highest BCUT2D eigenvalue weighted by atomic mass is 19.1. The zero-order chi connectivity index (χ0) is 11.9. The van der Waals surface area contributed by atoms with E-state index in [1.54, 1.807) is 6.92 Å². The van der Waals surface area contributed by atoms with Crippen molar-refractivity contribution in [3.8, 4) is 5.75 Å². The van der Waals surface area contributed by atoms with Crippen LogP contribution in [0.15, 0.2) is 12.1 Å². The zero-order valence-electron chi connectivity index (χ0n) is 8.58. The van der Waals surface area contributed by atoms with Gasteiger partial charge in [0.2, 0.25) is 0 Å². The van der Waals surface area contributed by atoms with E-state index in [9.17, 15) is 9.18 Å². The molecule has 0 saturated heterocycles. The van der Waals surface area contributed by atoms with Crippen molar-refractivity contribution < 1.29 is 19.1 Å². The SMILES string of the molecule is C.CC1(CC(=O)O)NOc2cc(F)c(N)cc21. The Labute approximate surface area is 98.3 Å². The van der Waals surface area contributed by atoms with Crippen LogP contribution in [0, 0.1) is 5.82 Å². The standard InChI is InChI=1S/C10H11FN2O3.CH4/c1-10(4-9(14)15)5-2-7(12)6(11)3-8(5)16-13-10;/h2-3,13H,4,12H2,1H3,(H,14,15);1H4. The molecule has 1 aliphatic rings. The van der Waals surface area contributed by atoms with Crippen molar-refractivity contribution in [1.29, 1.82) is 0 Å². The van der Waals surface area contributed by atoms with Gasteiger partial charge in [0.1, 0.15) is 5.82 Å². The van der Waals surface area contributed by atoms with Crippen molar-refractivity contribution in [1.82, 2.24) is 5.48 Å². The Hall–Kier alpha value is -1.82. The third kappa shape index (κ3) is 2.16. The number of nitrogen functional groups attached to an aromatic ring is 1. The van der Waals surface area contributed by atoms with Gasteiger partial charge < -0.3 is 15.7 Å². The van der Waals surface area contributed by atoms with E-state index in [0.717, 1.165) is 6.07 Å². The predicted octanol–water partition coefficient (Wildman–Crippen LogP) is 1.63. The van der Waals surface area contributed by atoms with Crippen LogP contribution >= 0.6 is 0 Å². The fourth-order valence-electron chi connectivity index (χ4n) is 1.74. The predicted molar refractivity (Wildman–Crippen MR) is 60.9 cm³/mol. The van der Waals surface area contributed by atoms with Crippen molar-refractivity contribution in [3.05, 3.63) is 23.5 Å². The fourth-order valence-corrected chi connectivity index (χ4v) is 1.74. The number of hydrogen-bond acceptors (Lipinski definition) is 4. The second kappa shape index (κ2) is 4.21. The minimum atomic E-state index is -0.977. The van der Waals surface area contributed by atoms with Crippen LogP contribution in [0.1, 0.15) is 26.3 Å². The molecule has 0 saturated carbocycles. The molecule has 0 spiro atoms. The van der Waals surface area contributed by atoms with Crippen molar-refractivity contribution in [3.63, 3.8) is 0 Å². The number of hydroxylamine groups is 1. The van der Waals surface area contributed by atoms with Crippen LogP contribution in [-0.4, -0.2) is 11.1 Å². The van der Waals surface area contributed by atoms with Crippen LogP contribution < -0.4 is 16.1 Å². The van der Waals surface area contributed by atoms with Gasteiger partial charge in [0.25, 0.3) is 0 Å². The molecule has 0 bridgehead atoms. The maximum Gasteiger partial charge on any atom is 0.305 e. The first-order valence-electron chi connectivity index (χ1n) is 4.68. The molecule has 2 rings (SSSR count). The lowest BCUT2D eigenvalue weighted by Gasteiger charge is -2.20. The average Bonchev–Trinajstić information content (AvgIpc) is 2.45. The number of carboxylic acid groups (broad SMARTS) is 1. The van der Waals surface area contributed by atoms with Crippen LogP contribution in [0.2, 0.25) is 0 Å². The number of nitrogens with two attached hydrogens (primary N) is 1. The molecule has 0 amide bonds. The minimum Gasteiger partial charge on any atom is -0.481 e. The number of hydrogen-bond donors (Lipinski definition) is 3. The summed E-state index contributed by atoms with van der Waals surface area (Å²) in [6.07, 6.45) is -0.176. The van der Waals surface area contributed by atoms with Gasteiger partial charge in [0.15, 0.2) is 5.75 Å². The number of benzene rings is 1. The van der Waals surface area contributed by atoms with Gasteiger partial charge in [-0.3, -0.25) is 4.79 Å². The van der Waals surface area contributed by atoms with E-state index in [1.165, 1.54) is 6.07 Å².